The highest BCUT2D eigenvalue weighted by atomic mass is 15.2. The van der Waals surface area contributed by atoms with Crippen molar-refractivity contribution in [3.05, 3.63) is 0 Å². The molecule has 0 aromatic carbocycles. The summed E-state index contributed by atoms with van der Waals surface area (Å²) in [6.45, 7) is 1.21. The Kier molecular flexibility index (Phi) is 1.90. The highest BCUT2D eigenvalue weighted by Crippen LogP contribution is 2.36. The molecular formula is C9H18N2. The first kappa shape index (κ1) is 7.56. The van der Waals surface area contributed by atoms with Crippen LogP contribution in [0.25, 0.3) is 0 Å². The topological polar surface area (TPSA) is 29.3 Å². The molecule has 0 bridgehead atoms. The van der Waals surface area contributed by atoms with E-state index < -0.39 is 0 Å². The zero-order valence-corrected chi connectivity index (χ0v) is 7.29. The average Bonchev–Trinajstić information content (AvgIpc) is 2.73. The van der Waals surface area contributed by atoms with E-state index in [0.29, 0.717) is 12.1 Å². The second kappa shape index (κ2) is 2.76. The minimum absolute atomic E-state index is 0.459. The first-order valence-corrected chi connectivity index (χ1v) is 4.73. The van der Waals surface area contributed by atoms with Crippen molar-refractivity contribution in [1.29, 1.82) is 0 Å². The molecule has 0 amide bonds. The van der Waals surface area contributed by atoms with Gasteiger partial charge < -0.3 is 10.6 Å². The number of rotatable bonds is 2. The summed E-state index contributed by atoms with van der Waals surface area (Å²) in [6, 6.07) is 1.16. The first-order chi connectivity index (χ1) is 5.27. The second-order valence-electron chi connectivity index (χ2n) is 4.18. The van der Waals surface area contributed by atoms with Crippen LogP contribution >= 0.6 is 0 Å². The Balaban J connectivity index is 1.87. The molecule has 0 radical (unpaired) electrons. The fraction of sp³-hybridized carbons (Fsp3) is 1.00. The predicted molar refractivity (Wildman–Crippen MR) is 46.4 cm³/mol. The summed E-state index contributed by atoms with van der Waals surface area (Å²) in [4.78, 5) is 2.43. The molecule has 1 heterocycles. The van der Waals surface area contributed by atoms with Crippen LogP contribution < -0.4 is 5.73 Å². The van der Waals surface area contributed by atoms with Crippen LogP contribution in [0.3, 0.4) is 0 Å². The normalized spacial score (nSPS) is 39.8. The van der Waals surface area contributed by atoms with Gasteiger partial charge in [-0.1, -0.05) is 12.8 Å². The van der Waals surface area contributed by atoms with E-state index in [2.05, 4.69) is 11.9 Å². The van der Waals surface area contributed by atoms with Crippen LogP contribution in [-0.2, 0) is 0 Å². The van der Waals surface area contributed by atoms with E-state index in [1.54, 1.807) is 0 Å². The summed E-state index contributed by atoms with van der Waals surface area (Å²) in [6.07, 6.45) is 5.47. The van der Waals surface area contributed by atoms with Crippen molar-refractivity contribution >= 4 is 0 Å². The molecule has 2 N–H and O–H groups in total. The predicted octanol–water partition coefficient (Wildman–Crippen LogP) is 0.818. The molecule has 1 saturated carbocycles. The van der Waals surface area contributed by atoms with Gasteiger partial charge in [-0.15, -0.1) is 0 Å². The molecule has 0 aromatic heterocycles. The zero-order chi connectivity index (χ0) is 7.84. The van der Waals surface area contributed by atoms with Gasteiger partial charge in [-0.05, 0) is 32.4 Å². The maximum absolute atomic E-state index is 6.00. The highest BCUT2D eigenvalue weighted by molar-refractivity contribution is 4.91. The van der Waals surface area contributed by atoms with Crippen LogP contribution in [0, 0.1) is 5.92 Å². The lowest BCUT2D eigenvalue weighted by Crippen LogP contribution is -2.37. The highest BCUT2D eigenvalue weighted by Gasteiger charge is 2.34. The molecule has 0 aromatic rings. The average molecular weight is 154 g/mol. The van der Waals surface area contributed by atoms with Crippen LogP contribution in [0.2, 0.25) is 0 Å². The van der Waals surface area contributed by atoms with Gasteiger partial charge in [0.05, 0.1) is 0 Å². The first-order valence-electron chi connectivity index (χ1n) is 4.73. The Bertz CT molecular complexity index is 132. The zero-order valence-electron chi connectivity index (χ0n) is 7.29. The van der Waals surface area contributed by atoms with Crippen LogP contribution in [0.4, 0.5) is 0 Å². The quantitative estimate of drug-likeness (QED) is 0.638. The van der Waals surface area contributed by atoms with E-state index in [0.717, 1.165) is 5.92 Å². The molecule has 0 spiro atoms. The van der Waals surface area contributed by atoms with Crippen LogP contribution in [-0.4, -0.2) is 30.6 Å². The molecule has 2 nitrogen and oxygen atoms in total. The molecule has 1 saturated heterocycles. The maximum Gasteiger partial charge on any atom is 0.0247 e. The standard InChI is InChI=1S/C9H18N2/c1-11-5-4-8(10)9(11)6-7-2-3-7/h7-9H,2-6,10H2,1H3/t8-,9+/m1/s1. The van der Waals surface area contributed by atoms with Gasteiger partial charge in [0.25, 0.3) is 0 Å². The van der Waals surface area contributed by atoms with Gasteiger partial charge in [0.15, 0.2) is 0 Å². The van der Waals surface area contributed by atoms with Gasteiger partial charge in [-0.3, -0.25) is 0 Å². The second-order valence-corrected chi connectivity index (χ2v) is 4.18. The molecule has 2 fully saturated rings. The Morgan fingerprint density at radius 1 is 1.36 bits per heavy atom. The van der Waals surface area contributed by atoms with E-state index in [4.69, 9.17) is 5.73 Å². The van der Waals surface area contributed by atoms with Gasteiger partial charge >= 0.3 is 0 Å². The van der Waals surface area contributed by atoms with Crippen molar-refractivity contribution in [2.45, 2.75) is 37.8 Å². The Hall–Kier alpha value is -0.0800. The van der Waals surface area contributed by atoms with Crippen molar-refractivity contribution < 1.29 is 0 Å². The lowest BCUT2D eigenvalue weighted by atomic mass is 10.0. The lowest BCUT2D eigenvalue weighted by Gasteiger charge is -2.22. The smallest absolute Gasteiger partial charge is 0.0247 e. The third kappa shape index (κ3) is 1.57. The van der Waals surface area contributed by atoms with Gasteiger partial charge in [0, 0.05) is 12.1 Å². The summed E-state index contributed by atoms with van der Waals surface area (Å²) in [5.74, 6) is 1.02. The SMILES string of the molecule is CN1CC[C@@H](N)[C@@H]1CC1CC1. The minimum Gasteiger partial charge on any atom is -0.326 e. The van der Waals surface area contributed by atoms with Crippen molar-refractivity contribution in [2.24, 2.45) is 11.7 Å². The van der Waals surface area contributed by atoms with E-state index >= 15 is 0 Å². The van der Waals surface area contributed by atoms with Crippen LogP contribution in [0.5, 0.6) is 0 Å². The van der Waals surface area contributed by atoms with E-state index in [-0.39, 0.29) is 0 Å². The largest absolute Gasteiger partial charge is 0.326 e. The fourth-order valence-electron chi connectivity index (χ4n) is 2.09. The van der Waals surface area contributed by atoms with Gasteiger partial charge in [-0.2, -0.15) is 0 Å². The Morgan fingerprint density at radius 3 is 2.55 bits per heavy atom. The van der Waals surface area contributed by atoms with Crippen LogP contribution in [0.1, 0.15) is 25.7 Å². The minimum atomic E-state index is 0.459. The molecule has 2 rings (SSSR count). The molecular weight excluding hydrogens is 136 g/mol. The number of nitrogens with two attached hydrogens (primary N) is 1. The Labute approximate surface area is 68.7 Å². The summed E-state index contributed by atoms with van der Waals surface area (Å²) in [7, 11) is 2.21. The van der Waals surface area contributed by atoms with Gasteiger partial charge in [0.1, 0.15) is 0 Å². The van der Waals surface area contributed by atoms with Gasteiger partial charge in [-0.25, -0.2) is 0 Å². The molecule has 11 heavy (non-hydrogen) atoms. The van der Waals surface area contributed by atoms with Crippen molar-refractivity contribution in [3.63, 3.8) is 0 Å². The van der Waals surface area contributed by atoms with E-state index in [1.807, 2.05) is 0 Å². The summed E-state index contributed by atoms with van der Waals surface area (Å²) >= 11 is 0. The van der Waals surface area contributed by atoms with Crippen molar-refractivity contribution in [3.8, 4) is 0 Å². The molecule has 1 aliphatic heterocycles. The fourth-order valence-corrected chi connectivity index (χ4v) is 2.09. The molecule has 64 valence electrons. The van der Waals surface area contributed by atoms with E-state index in [1.165, 1.54) is 32.2 Å². The summed E-state index contributed by atoms with van der Waals surface area (Å²) < 4.78 is 0. The molecule has 2 atom stereocenters. The molecule has 2 aliphatic rings. The molecule has 0 unspecified atom stereocenters. The summed E-state index contributed by atoms with van der Waals surface area (Å²) in [5.41, 5.74) is 6.00. The summed E-state index contributed by atoms with van der Waals surface area (Å²) in [5, 5.41) is 0. The number of likely N-dealkylation sites (tertiary alicyclic amines) is 1. The number of likely N-dealkylation sites (N-methyl/N-ethyl adjacent to an activating group) is 1. The van der Waals surface area contributed by atoms with E-state index in [9.17, 15) is 0 Å². The number of hydrogen-bond acceptors (Lipinski definition) is 2. The number of nitrogens with zero attached hydrogens (tertiary/aromatic N) is 1. The third-order valence-corrected chi connectivity index (χ3v) is 3.15. The van der Waals surface area contributed by atoms with Crippen molar-refractivity contribution in [2.75, 3.05) is 13.6 Å². The molecule has 2 heteroatoms. The monoisotopic (exact) mass is 154 g/mol. The van der Waals surface area contributed by atoms with Crippen LogP contribution in [0.15, 0.2) is 0 Å². The maximum atomic E-state index is 6.00. The van der Waals surface area contributed by atoms with Crippen molar-refractivity contribution in [1.82, 2.24) is 4.90 Å². The Morgan fingerprint density at radius 2 is 2.09 bits per heavy atom. The van der Waals surface area contributed by atoms with Gasteiger partial charge in [0.2, 0.25) is 0 Å². The lowest BCUT2D eigenvalue weighted by molar-refractivity contribution is 0.273. The molecule has 1 aliphatic carbocycles. The number of hydrogen-bond donors (Lipinski definition) is 1. The third-order valence-electron chi connectivity index (χ3n) is 3.15.